The van der Waals surface area contributed by atoms with Crippen molar-refractivity contribution in [1.82, 2.24) is 10.2 Å². The fourth-order valence-corrected chi connectivity index (χ4v) is 2.67. The van der Waals surface area contributed by atoms with E-state index in [4.69, 9.17) is 0 Å². The van der Waals surface area contributed by atoms with Crippen LogP contribution in [0.1, 0.15) is 29.9 Å². The van der Waals surface area contributed by atoms with Gasteiger partial charge in [-0.3, -0.25) is 4.79 Å². The van der Waals surface area contributed by atoms with Crippen molar-refractivity contribution in [3.8, 4) is 0 Å². The zero-order chi connectivity index (χ0) is 15.5. The van der Waals surface area contributed by atoms with Gasteiger partial charge in [-0.05, 0) is 43.5 Å². The number of amides is 1. The van der Waals surface area contributed by atoms with Crippen LogP contribution in [0.3, 0.4) is 0 Å². The van der Waals surface area contributed by atoms with Crippen molar-refractivity contribution in [3.05, 3.63) is 35.4 Å². The molecule has 0 atom stereocenters. The van der Waals surface area contributed by atoms with Gasteiger partial charge in [0.25, 0.3) is 0 Å². The summed E-state index contributed by atoms with van der Waals surface area (Å²) >= 11 is 0. The zero-order valence-corrected chi connectivity index (χ0v) is 11.9. The highest BCUT2D eigenvalue weighted by Crippen LogP contribution is 2.32. The van der Waals surface area contributed by atoms with Crippen molar-refractivity contribution in [2.75, 3.05) is 26.7 Å². The van der Waals surface area contributed by atoms with E-state index in [0.717, 1.165) is 30.5 Å². The lowest BCUT2D eigenvalue weighted by atomic mass is 9.89. The first-order chi connectivity index (χ1) is 9.91. The van der Waals surface area contributed by atoms with Gasteiger partial charge < -0.3 is 10.2 Å². The standard InChI is InChI=1S/C15H19F3N2O/c1-19-10-14(21)20-8-6-12(7-9-20)11-2-4-13(5-3-11)15(16,17)18/h2-5,12,19H,6-10H2,1H3. The number of nitrogens with one attached hydrogen (secondary N) is 1. The summed E-state index contributed by atoms with van der Waals surface area (Å²) in [6.45, 7) is 1.64. The monoisotopic (exact) mass is 300 g/mol. The summed E-state index contributed by atoms with van der Waals surface area (Å²) in [6, 6.07) is 5.37. The first-order valence-corrected chi connectivity index (χ1v) is 7.01. The number of halogens is 3. The van der Waals surface area contributed by atoms with Crippen molar-refractivity contribution in [3.63, 3.8) is 0 Å². The van der Waals surface area contributed by atoms with Gasteiger partial charge in [-0.2, -0.15) is 13.2 Å². The molecule has 1 heterocycles. The number of rotatable bonds is 3. The Morgan fingerprint density at radius 3 is 2.29 bits per heavy atom. The van der Waals surface area contributed by atoms with Gasteiger partial charge >= 0.3 is 6.18 Å². The van der Waals surface area contributed by atoms with Gasteiger partial charge in [0.1, 0.15) is 0 Å². The molecule has 3 nitrogen and oxygen atoms in total. The highest BCUT2D eigenvalue weighted by Gasteiger charge is 2.30. The summed E-state index contributed by atoms with van der Waals surface area (Å²) in [5, 5.41) is 2.83. The van der Waals surface area contributed by atoms with Gasteiger partial charge in [0, 0.05) is 13.1 Å². The Hall–Kier alpha value is -1.56. The summed E-state index contributed by atoms with van der Waals surface area (Å²) in [5.41, 5.74) is 0.302. The third-order valence-corrected chi connectivity index (χ3v) is 3.89. The summed E-state index contributed by atoms with van der Waals surface area (Å²) < 4.78 is 37.6. The van der Waals surface area contributed by atoms with Crippen LogP contribution in [0.4, 0.5) is 13.2 Å². The average Bonchev–Trinajstić information content (AvgIpc) is 2.47. The molecule has 0 radical (unpaired) electrons. The largest absolute Gasteiger partial charge is 0.416 e. The molecule has 6 heteroatoms. The van der Waals surface area contributed by atoms with E-state index in [9.17, 15) is 18.0 Å². The van der Waals surface area contributed by atoms with E-state index in [2.05, 4.69) is 5.32 Å². The predicted molar refractivity (Wildman–Crippen MR) is 73.9 cm³/mol. The van der Waals surface area contributed by atoms with Crippen LogP contribution >= 0.6 is 0 Å². The Labute approximate surface area is 122 Å². The lowest BCUT2D eigenvalue weighted by Gasteiger charge is -2.32. The Morgan fingerprint density at radius 1 is 1.24 bits per heavy atom. The number of likely N-dealkylation sites (tertiary alicyclic amines) is 1. The van der Waals surface area contributed by atoms with E-state index in [1.165, 1.54) is 0 Å². The van der Waals surface area contributed by atoms with E-state index in [-0.39, 0.29) is 11.8 Å². The molecule has 0 aromatic heterocycles. The first kappa shape index (κ1) is 15.8. The second-order valence-corrected chi connectivity index (χ2v) is 5.31. The maximum Gasteiger partial charge on any atom is 0.416 e. The third kappa shape index (κ3) is 3.97. The molecule has 116 valence electrons. The smallest absolute Gasteiger partial charge is 0.342 e. The fourth-order valence-electron chi connectivity index (χ4n) is 2.67. The lowest BCUT2D eigenvalue weighted by molar-refractivity contribution is -0.137. The molecule has 1 saturated heterocycles. The molecule has 0 bridgehead atoms. The van der Waals surface area contributed by atoms with E-state index < -0.39 is 11.7 Å². The molecule has 0 unspecified atom stereocenters. The minimum Gasteiger partial charge on any atom is -0.342 e. The SMILES string of the molecule is CNCC(=O)N1CCC(c2ccc(C(F)(F)F)cc2)CC1. The highest BCUT2D eigenvalue weighted by atomic mass is 19.4. The van der Waals surface area contributed by atoms with Gasteiger partial charge in [-0.1, -0.05) is 12.1 Å². The van der Waals surface area contributed by atoms with Crippen LogP contribution in [0.15, 0.2) is 24.3 Å². The van der Waals surface area contributed by atoms with Crippen molar-refractivity contribution >= 4 is 5.91 Å². The summed E-state index contributed by atoms with van der Waals surface area (Å²) in [4.78, 5) is 13.5. The van der Waals surface area contributed by atoms with Crippen molar-refractivity contribution in [2.45, 2.75) is 24.9 Å². The van der Waals surface area contributed by atoms with Gasteiger partial charge in [-0.15, -0.1) is 0 Å². The third-order valence-electron chi connectivity index (χ3n) is 3.89. The number of hydrogen-bond donors (Lipinski definition) is 1. The van der Waals surface area contributed by atoms with Crippen molar-refractivity contribution < 1.29 is 18.0 Å². The molecule has 21 heavy (non-hydrogen) atoms. The lowest BCUT2D eigenvalue weighted by Crippen LogP contribution is -2.41. The van der Waals surface area contributed by atoms with Crippen molar-refractivity contribution in [2.24, 2.45) is 0 Å². The summed E-state index contributed by atoms with van der Waals surface area (Å²) in [7, 11) is 1.73. The molecule has 1 aliphatic heterocycles. The molecule has 1 aromatic rings. The molecule has 0 saturated carbocycles. The molecule has 2 rings (SSSR count). The molecule has 0 aliphatic carbocycles. The number of likely N-dealkylation sites (N-methyl/N-ethyl adjacent to an activating group) is 1. The highest BCUT2D eigenvalue weighted by molar-refractivity contribution is 5.78. The molecule has 0 spiro atoms. The fraction of sp³-hybridized carbons (Fsp3) is 0.533. The normalized spacial score (nSPS) is 17.0. The molecular weight excluding hydrogens is 281 g/mol. The minimum absolute atomic E-state index is 0.0726. The Morgan fingerprint density at radius 2 is 1.81 bits per heavy atom. The maximum absolute atomic E-state index is 12.5. The van der Waals surface area contributed by atoms with Crippen LogP contribution in [-0.4, -0.2) is 37.5 Å². The Kier molecular flexibility index (Phi) is 4.88. The van der Waals surface area contributed by atoms with Crippen LogP contribution in [0, 0.1) is 0 Å². The van der Waals surface area contributed by atoms with Gasteiger partial charge in [0.05, 0.1) is 12.1 Å². The van der Waals surface area contributed by atoms with Gasteiger partial charge in [-0.25, -0.2) is 0 Å². The number of benzene rings is 1. The van der Waals surface area contributed by atoms with Crippen LogP contribution in [0.2, 0.25) is 0 Å². The van der Waals surface area contributed by atoms with E-state index in [1.807, 2.05) is 0 Å². The quantitative estimate of drug-likeness (QED) is 0.930. The number of piperidine rings is 1. The van der Waals surface area contributed by atoms with Crippen LogP contribution in [-0.2, 0) is 11.0 Å². The Bertz CT molecular complexity index is 477. The maximum atomic E-state index is 12.5. The van der Waals surface area contributed by atoms with Crippen LogP contribution < -0.4 is 5.32 Å². The van der Waals surface area contributed by atoms with E-state index in [0.29, 0.717) is 19.6 Å². The molecule has 1 aromatic carbocycles. The van der Waals surface area contributed by atoms with Gasteiger partial charge in [0.15, 0.2) is 0 Å². The van der Waals surface area contributed by atoms with E-state index in [1.54, 1.807) is 24.1 Å². The average molecular weight is 300 g/mol. The molecule has 1 N–H and O–H groups in total. The summed E-state index contributed by atoms with van der Waals surface area (Å²) in [6.07, 6.45) is -2.71. The van der Waals surface area contributed by atoms with Crippen molar-refractivity contribution in [1.29, 1.82) is 0 Å². The number of alkyl halides is 3. The molecule has 1 aliphatic rings. The Balaban J connectivity index is 1.95. The number of nitrogens with zero attached hydrogens (tertiary/aromatic N) is 1. The predicted octanol–water partition coefficient (Wildman–Crippen LogP) is 2.63. The van der Waals surface area contributed by atoms with Gasteiger partial charge in [0.2, 0.25) is 5.91 Å². The zero-order valence-electron chi connectivity index (χ0n) is 11.9. The van der Waals surface area contributed by atoms with Crippen LogP contribution in [0.5, 0.6) is 0 Å². The molecule has 1 amide bonds. The second kappa shape index (κ2) is 6.47. The van der Waals surface area contributed by atoms with Crippen LogP contribution in [0.25, 0.3) is 0 Å². The second-order valence-electron chi connectivity index (χ2n) is 5.31. The molecule has 1 fully saturated rings. The summed E-state index contributed by atoms with van der Waals surface area (Å²) in [5.74, 6) is 0.300. The first-order valence-electron chi connectivity index (χ1n) is 7.01. The minimum atomic E-state index is -4.29. The molecular formula is C15H19F3N2O. The number of carbonyl (C=O) groups is 1. The van der Waals surface area contributed by atoms with E-state index >= 15 is 0 Å². The topological polar surface area (TPSA) is 32.3 Å². The number of hydrogen-bond acceptors (Lipinski definition) is 2. The number of carbonyl (C=O) groups excluding carboxylic acids is 1.